The third-order valence-electron chi connectivity index (χ3n) is 3.81. The van der Waals surface area contributed by atoms with Gasteiger partial charge in [0.15, 0.2) is 0 Å². The molecule has 1 aromatic carbocycles. The number of hydrazone groups is 1. The first-order valence-corrected chi connectivity index (χ1v) is 8.13. The van der Waals surface area contributed by atoms with Crippen LogP contribution in [0.15, 0.2) is 59.8 Å². The van der Waals surface area contributed by atoms with Gasteiger partial charge >= 0.3 is 0 Å². The van der Waals surface area contributed by atoms with Crippen LogP contribution in [0.4, 0.5) is 0 Å². The van der Waals surface area contributed by atoms with Crippen molar-refractivity contribution in [1.29, 1.82) is 0 Å². The van der Waals surface area contributed by atoms with E-state index < -0.39 is 0 Å². The molecule has 2 heterocycles. The number of amides is 1. The fraction of sp³-hybridized carbons (Fsp3) is 0.105. The van der Waals surface area contributed by atoms with Gasteiger partial charge < -0.3 is 4.57 Å². The van der Waals surface area contributed by atoms with Crippen LogP contribution in [0, 0.1) is 13.8 Å². The number of halogens is 1. The largest absolute Gasteiger partial charge is 0.303 e. The summed E-state index contributed by atoms with van der Waals surface area (Å²) in [5, 5.41) is 4.56. The lowest BCUT2D eigenvalue weighted by Crippen LogP contribution is -2.17. The van der Waals surface area contributed by atoms with E-state index in [4.69, 9.17) is 11.6 Å². The van der Waals surface area contributed by atoms with Gasteiger partial charge in [-0.1, -0.05) is 23.7 Å². The second kappa shape index (κ2) is 7.32. The van der Waals surface area contributed by atoms with Crippen molar-refractivity contribution in [2.24, 2.45) is 5.10 Å². The van der Waals surface area contributed by atoms with Crippen molar-refractivity contribution in [3.8, 4) is 5.82 Å². The molecule has 0 radical (unpaired) electrons. The minimum absolute atomic E-state index is 0.308. The van der Waals surface area contributed by atoms with Crippen LogP contribution in [0.5, 0.6) is 0 Å². The van der Waals surface area contributed by atoms with E-state index in [1.165, 1.54) is 0 Å². The van der Waals surface area contributed by atoms with E-state index in [2.05, 4.69) is 15.5 Å². The Labute approximate surface area is 151 Å². The van der Waals surface area contributed by atoms with Gasteiger partial charge in [0.25, 0.3) is 5.91 Å². The van der Waals surface area contributed by atoms with Gasteiger partial charge in [0.05, 0.1) is 6.21 Å². The second-order valence-electron chi connectivity index (χ2n) is 5.56. The number of carbonyl (C=O) groups is 1. The van der Waals surface area contributed by atoms with Crippen molar-refractivity contribution < 1.29 is 4.79 Å². The zero-order valence-corrected chi connectivity index (χ0v) is 14.7. The number of rotatable bonds is 4. The Balaban J connectivity index is 1.77. The van der Waals surface area contributed by atoms with Gasteiger partial charge in [-0.05, 0) is 50.2 Å². The number of benzene rings is 1. The number of aryl methyl sites for hydroxylation is 1. The number of nitrogens with one attached hydrogen (secondary N) is 1. The Bertz CT molecular complexity index is 932. The highest BCUT2D eigenvalue weighted by atomic mass is 35.5. The van der Waals surface area contributed by atoms with Gasteiger partial charge in [-0.25, -0.2) is 10.4 Å². The lowest BCUT2D eigenvalue weighted by atomic mass is 10.2. The summed E-state index contributed by atoms with van der Waals surface area (Å²) in [5.74, 6) is 0.539. The first-order valence-electron chi connectivity index (χ1n) is 7.75. The highest BCUT2D eigenvalue weighted by Crippen LogP contribution is 2.18. The first kappa shape index (κ1) is 16.9. The van der Waals surface area contributed by atoms with Crippen LogP contribution in [0.1, 0.15) is 27.3 Å². The van der Waals surface area contributed by atoms with Crippen LogP contribution >= 0.6 is 11.6 Å². The van der Waals surface area contributed by atoms with Gasteiger partial charge in [0.2, 0.25) is 0 Å². The molecular formula is C19H17ClN4O. The molecular weight excluding hydrogens is 336 g/mol. The molecule has 126 valence electrons. The van der Waals surface area contributed by atoms with Crippen molar-refractivity contribution in [3.05, 3.63) is 82.3 Å². The van der Waals surface area contributed by atoms with Crippen LogP contribution in [0.25, 0.3) is 5.82 Å². The molecule has 6 heteroatoms. The molecule has 0 aliphatic carbocycles. The Morgan fingerprint density at radius 2 is 2.04 bits per heavy atom. The SMILES string of the molecule is Cc1cc(/C=N\NC(=O)c2cccc(Cl)c2)c(C)n1-c1ccccn1. The molecule has 0 aliphatic rings. The molecule has 0 bridgehead atoms. The van der Waals surface area contributed by atoms with Crippen LogP contribution in [0.3, 0.4) is 0 Å². The molecule has 1 amide bonds. The molecule has 0 saturated carbocycles. The standard InChI is InChI=1S/C19H17ClN4O/c1-13-10-16(14(2)24(13)18-8-3-4-9-21-18)12-22-23-19(25)15-6-5-7-17(20)11-15/h3-12H,1-2H3,(H,23,25)/b22-12-. The molecule has 0 aliphatic heterocycles. The average molecular weight is 353 g/mol. The van der Waals surface area contributed by atoms with Crippen molar-refractivity contribution in [2.45, 2.75) is 13.8 Å². The fourth-order valence-corrected chi connectivity index (χ4v) is 2.80. The Hall–Kier alpha value is -2.92. The molecule has 0 atom stereocenters. The van der Waals surface area contributed by atoms with Gasteiger partial charge in [-0.2, -0.15) is 5.10 Å². The predicted octanol–water partition coefficient (Wildman–Crippen LogP) is 3.91. The summed E-state index contributed by atoms with van der Waals surface area (Å²) < 4.78 is 2.04. The third kappa shape index (κ3) is 3.78. The van der Waals surface area contributed by atoms with E-state index in [1.54, 1.807) is 36.7 Å². The summed E-state index contributed by atoms with van der Waals surface area (Å²) in [6, 6.07) is 14.5. The van der Waals surface area contributed by atoms with Crippen molar-refractivity contribution >= 4 is 23.7 Å². The number of aromatic nitrogens is 2. The number of carbonyl (C=O) groups excluding carboxylic acids is 1. The maximum Gasteiger partial charge on any atom is 0.271 e. The van der Waals surface area contributed by atoms with Crippen molar-refractivity contribution in [3.63, 3.8) is 0 Å². The minimum Gasteiger partial charge on any atom is -0.303 e. The lowest BCUT2D eigenvalue weighted by Gasteiger charge is -2.07. The molecule has 5 nitrogen and oxygen atoms in total. The lowest BCUT2D eigenvalue weighted by molar-refractivity contribution is 0.0955. The summed E-state index contributed by atoms with van der Waals surface area (Å²) in [5.41, 5.74) is 5.93. The highest BCUT2D eigenvalue weighted by molar-refractivity contribution is 6.30. The summed E-state index contributed by atoms with van der Waals surface area (Å²) in [6.07, 6.45) is 3.39. The normalized spacial score (nSPS) is 11.0. The van der Waals surface area contributed by atoms with Gasteiger partial charge in [0.1, 0.15) is 5.82 Å². The monoisotopic (exact) mass is 352 g/mol. The van der Waals surface area contributed by atoms with Crippen molar-refractivity contribution in [2.75, 3.05) is 0 Å². The molecule has 2 aromatic heterocycles. The summed E-state index contributed by atoms with van der Waals surface area (Å²) in [7, 11) is 0. The molecule has 0 fully saturated rings. The zero-order valence-electron chi connectivity index (χ0n) is 13.9. The smallest absolute Gasteiger partial charge is 0.271 e. The molecule has 0 spiro atoms. The van der Waals surface area contributed by atoms with E-state index in [0.717, 1.165) is 22.8 Å². The summed E-state index contributed by atoms with van der Waals surface area (Å²) >= 11 is 5.89. The van der Waals surface area contributed by atoms with Crippen molar-refractivity contribution in [1.82, 2.24) is 15.0 Å². The fourth-order valence-electron chi connectivity index (χ4n) is 2.61. The van der Waals surface area contributed by atoms with E-state index in [9.17, 15) is 4.79 Å². The maximum atomic E-state index is 12.1. The Morgan fingerprint density at radius 3 is 2.76 bits per heavy atom. The zero-order chi connectivity index (χ0) is 17.8. The first-order chi connectivity index (χ1) is 12.1. The van der Waals surface area contributed by atoms with E-state index in [1.807, 2.05) is 42.7 Å². The van der Waals surface area contributed by atoms with Gasteiger partial charge in [-0.15, -0.1) is 0 Å². The molecule has 3 aromatic rings. The topological polar surface area (TPSA) is 59.3 Å². The second-order valence-corrected chi connectivity index (χ2v) is 6.00. The maximum absolute atomic E-state index is 12.1. The predicted molar refractivity (Wildman–Crippen MR) is 99.6 cm³/mol. The third-order valence-corrected chi connectivity index (χ3v) is 4.04. The number of pyridine rings is 1. The molecule has 25 heavy (non-hydrogen) atoms. The Kier molecular flexibility index (Phi) is 4.95. The summed E-state index contributed by atoms with van der Waals surface area (Å²) in [6.45, 7) is 3.99. The molecule has 3 rings (SSSR count). The highest BCUT2D eigenvalue weighted by Gasteiger charge is 2.10. The number of nitrogens with zero attached hydrogens (tertiary/aromatic N) is 3. The van der Waals surface area contributed by atoms with E-state index in [-0.39, 0.29) is 5.91 Å². The van der Waals surface area contributed by atoms with Gasteiger partial charge in [-0.3, -0.25) is 4.79 Å². The molecule has 0 unspecified atom stereocenters. The van der Waals surface area contributed by atoms with Crippen LogP contribution in [-0.2, 0) is 0 Å². The molecule has 0 saturated heterocycles. The quantitative estimate of drug-likeness (QED) is 0.571. The van der Waals surface area contributed by atoms with Crippen LogP contribution in [0.2, 0.25) is 5.02 Å². The molecule has 1 N–H and O–H groups in total. The van der Waals surface area contributed by atoms with E-state index >= 15 is 0 Å². The van der Waals surface area contributed by atoms with Crippen LogP contribution in [-0.4, -0.2) is 21.7 Å². The van der Waals surface area contributed by atoms with E-state index in [0.29, 0.717) is 10.6 Å². The average Bonchev–Trinajstić information content (AvgIpc) is 2.89. The Morgan fingerprint density at radius 1 is 1.20 bits per heavy atom. The number of hydrogen-bond donors (Lipinski definition) is 1. The summed E-state index contributed by atoms with van der Waals surface area (Å²) in [4.78, 5) is 16.4. The van der Waals surface area contributed by atoms with Gasteiger partial charge in [0, 0.05) is 33.7 Å². The number of hydrogen-bond acceptors (Lipinski definition) is 3. The minimum atomic E-state index is -0.308. The van der Waals surface area contributed by atoms with Crippen LogP contribution < -0.4 is 5.43 Å².